The summed E-state index contributed by atoms with van der Waals surface area (Å²) in [6, 6.07) is 10.3. The summed E-state index contributed by atoms with van der Waals surface area (Å²) in [5, 5.41) is 0. The van der Waals surface area contributed by atoms with Crippen molar-refractivity contribution in [3.8, 4) is 0 Å². The van der Waals surface area contributed by atoms with Crippen LogP contribution < -0.4 is 4.72 Å². The first-order chi connectivity index (χ1) is 9.29. The first-order valence-corrected chi connectivity index (χ1v) is 8.91. The Balaban J connectivity index is 2.41. The standard InChI is InChI=1S/C14H13Br2NO2S/c1-9-7-10(2)14(13(16)8-9)17-20(18,19)12-5-3-11(15)4-6-12/h3-8,17H,1-2H3. The molecule has 0 aliphatic carbocycles. The van der Waals surface area contributed by atoms with Crippen LogP contribution in [-0.4, -0.2) is 8.42 Å². The number of anilines is 1. The molecule has 0 radical (unpaired) electrons. The number of hydrogen-bond donors (Lipinski definition) is 1. The fourth-order valence-corrected chi connectivity index (χ4v) is 4.17. The van der Waals surface area contributed by atoms with E-state index in [4.69, 9.17) is 0 Å². The highest BCUT2D eigenvalue weighted by Gasteiger charge is 2.17. The van der Waals surface area contributed by atoms with Gasteiger partial charge in [0.1, 0.15) is 0 Å². The Morgan fingerprint density at radius 3 is 2.15 bits per heavy atom. The molecule has 2 aromatic carbocycles. The summed E-state index contributed by atoms with van der Waals surface area (Å²) in [5.74, 6) is 0. The number of sulfonamides is 1. The molecular formula is C14H13Br2NO2S. The molecule has 0 saturated heterocycles. The van der Waals surface area contributed by atoms with Gasteiger partial charge in [-0.05, 0) is 71.2 Å². The smallest absolute Gasteiger partial charge is 0.261 e. The van der Waals surface area contributed by atoms with E-state index < -0.39 is 10.0 Å². The minimum absolute atomic E-state index is 0.229. The van der Waals surface area contributed by atoms with Crippen molar-refractivity contribution in [3.05, 3.63) is 56.5 Å². The van der Waals surface area contributed by atoms with E-state index in [2.05, 4.69) is 36.6 Å². The SMILES string of the molecule is Cc1cc(C)c(NS(=O)(=O)c2ccc(Br)cc2)c(Br)c1. The Morgan fingerprint density at radius 2 is 1.60 bits per heavy atom. The highest BCUT2D eigenvalue weighted by molar-refractivity contribution is 9.10. The number of aryl methyl sites for hydroxylation is 2. The van der Waals surface area contributed by atoms with Crippen LogP contribution in [0.15, 0.2) is 50.2 Å². The predicted molar refractivity (Wildman–Crippen MR) is 88.6 cm³/mol. The first kappa shape index (κ1) is 15.5. The van der Waals surface area contributed by atoms with E-state index in [9.17, 15) is 8.42 Å². The second kappa shape index (κ2) is 5.87. The second-order valence-electron chi connectivity index (χ2n) is 4.50. The van der Waals surface area contributed by atoms with Gasteiger partial charge in [0.25, 0.3) is 10.0 Å². The molecular weight excluding hydrogens is 406 g/mol. The van der Waals surface area contributed by atoms with E-state index in [0.717, 1.165) is 20.1 Å². The van der Waals surface area contributed by atoms with Crippen LogP contribution in [0.25, 0.3) is 0 Å². The number of halogens is 2. The Labute approximate surface area is 135 Å². The van der Waals surface area contributed by atoms with Gasteiger partial charge in [0.15, 0.2) is 0 Å². The Morgan fingerprint density at radius 1 is 1.00 bits per heavy atom. The lowest BCUT2D eigenvalue weighted by Gasteiger charge is -2.13. The summed E-state index contributed by atoms with van der Waals surface area (Å²) in [7, 11) is -3.59. The van der Waals surface area contributed by atoms with Crippen LogP contribution in [0.4, 0.5) is 5.69 Å². The highest BCUT2D eigenvalue weighted by atomic mass is 79.9. The molecule has 0 spiro atoms. The monoisotopic (exact) mass is 417 g/mol. The zero-order valence-corrected chi connectivity index (χ0v) is 14.9. The van der Waals surface area contributed by atoms with Gasteiger partial charge in [-0.1, -0.05) is 22.0 Å². The van der Waals surface area contributed by atoms with Crippen LogP contribution in [0, 0.1) is 13.8 Å². The summed E-state index contributed by atoms with van der Waals surface area (Å²) < 4.78 is 28.9. The van der Waals surface area contributed by atoms with Crippen LogP contribution in [0.2, 0.25) is 0 Å². The summed E-state index contributed by atoms with van der Waals surface area (Å²) in [6.07, 6.45) is 0. The fourth-order valence-electron chi connectivity index (χ4n) is 1.85. The topological polar surface area (TPSA) is 46.2 Å². The van der Waals surface area contributed by atoms with Gasteiger partial charge in [-0.3, -0.25) is 4.72 Å². The van der Waals surface area contributed by atoms with Gasteiger partial charge in [0, 0.05) is 8.95 Å². The molecule has 0 heterocycles. The Kier molecular flexibility index (Phi) is 4.56. The van der Waals surface area contributed by atoms with Crippen molar-refractivity contribution < 1.29 is 8.42 Å². The maximum absolute atomic E-state index is 12.4. The molecule has 2 aromatic rings. The fraction of sp³-hybridized carbons (Fsp3) is 0.143. The van der Waals surface area contributed by atoms with Crippen molar-refractivity contribution in [1.29, 1.82) is 0 Å². The number of hydrogen-bond acceptors (Lipinski definition) is 2. The van der Waals surface area contributed by atoms with Crippen molar-refractivity contribution in [1.82, 2.24) is 0 Å². The van der Waals surface area contributed by atoms with Crippen molar-refractivity contribution in [2.75, 3.05) is 4.72 Å². The van der Waals surface area contributed by atoms with E-state index in [1.165, 1.54) is 0 Å². The highest BCUT2D eigenvalue weighted by Crippen LogP contribution is 2.30. The first-order valence-electron chi connectivity index (χ1n) is 5.85. The van der Waals surface area contributed by atoms with Crippen molar-refractivity contribution in [3.63, 3.8) is 0 Å². The van der Waals surface area contributed by atoms with E-state index in [1.54, 1.807) is 24.3 Å². The van der Waals surface area contributed by atoms with Gasteiger partial charge in [-0.15, -0.1) is 0 Å². The number of rotatable bonds is 3. The second-order valence-corrected chi connectivity index (χ2v) is 7.95. The third-order valence-corrected chi connectivity index (χ3v) is 5.31. The lowest BCUT2D eigenvalue weighted by molar-refractivity contribution is 0.601. The molecule has 1 N–H and O–H groups in total. The maximum atomic E-state index is 12.4. The van der Waals surface area contributed by atoms with Crippen LogP contribution in [0.1, 0.15) is 11.1 Å². The van der Waals surface area contributed by atoms with Gasteiger partial charge in [0.05, 0.1) is 10.6 Å². The molecule has 0 unspecified atom stereocenters. The third-order valence-electron chi connectivity index (χ3n) is 2.79. The zero-order chi connectivity index (χ0) is 14.9. The third kappa shape index (κ3) is 3.42. The average molecular weight is 419 g/mol. The number of benzene rings is 2. The molecule has 106 valence electrons. The van der Waals surface area contributed by atoms with Gasteiger partial charge < -0.3 is 0 Å². The molecule has 0 bridgehead atoms. The Bertz CT molecular complexity index is 717. The Hall–Kier alpha value is -0.850. The molecule has 0 aromatic heterocycles. The average Bonchev–Trinajstić information content (AvgIpc) is 2.34. The van der Waals surface area contributed by atoms with E-state index in [-0.39, 0.29) is 4.90 Å². The molecule has 0 amide bonds. The molecule has 6 heteroatoms. The molecule has 0 fully saturated rings. The molecule has 0 saturated carbocycles. The van der Waals surface area contributed by atoms with Gasteiger partial charge in [-0.25, -0.2) is 8.42 Å². The summed E-state index contributed by atoms with van der Waals surface area (Å²) >= 11 is 6.69. The minimum Gasteiger partial charge on any atom is -0.278 e. The number of nitrogens with one attached hydrogen (secondary N) is 1. The summed E-state index contributed by atoms with van der Waals surface area (Å²) in [4.78, 5) is 0.229. The van der Waals surface area contributed by atoms with Crippen molar-refractivity contribution in [2.45, 2.75) is 18.7 Å². The van der Waals surface area contributed by atoms with Crippen LogP contribution in [-0.2, 0) is 10.0 Å². The lowest BCUT2D eigenvalue weighted by atomic mass is 10.1. The van der Waals surface area contributed by atoms with Crippen LogP contribution in [0.3, 0.4) is 0 Å². The maximum Gasteiger partial charge on any atom is 0.261 e. The van der Waals surface area contributed by atoms with Crippen molar-refractivity contribution >= 4 is 47.6 Å². The summed E-state index contributed by atoms with van der Waals surface area (Å²) in [6.45, 7) is 3.84. The van der Waals surface area contributed by atoms with Gasteiger partial charge >= 0.3 is 0 Å². The van der Waals surface area contributed by atoms with Gasteiger partial charge in [0.2, 0.25) is 0 Å². The molecule has 3 nitrogen and oxygen atoms in total. The zero-order valence-electron chi connectivity index (χ0n) is 10.9. The quantitative estimate of drug-likeness (QED) is 0.789. The molecule has 0 atom stereocenters. The van der Waals surface area contributed by atoms with Crippen LogP contribution >= 0.6 is 31.9 Å². The van der Waals surface area contributed by atoms with Gasteiger partial charge in [-0.2, -0.15) is 0 Å². The molecule has 20 heavy (non-hydrogen) atoms. The molecule has 0 aliphatic heterocycles. The van der Waals surface area contributed by atoms with E-state index in [1.807, 2.05) is 26.0 Å². The van der Waals surface area contributed by atoms with Crippen LogP contribution in [0.5, 0.6) is 0 Å². The minimum atomic E-state index is -3.59. The normalized spacial score (nSPS) is 11.4. The predicted octanol–water partition coefficient (Wildman–Crippen LogP) is 4.63. The van der Waals surface area contributed by atoms with Crippen molar-refractivity contribution in [2.24, 2.45) is 0 Å². The van der Waals surface area contributed by atoms with E-state index in [0.29, 0.717) is 5.69 Å². The summed E-state index contributed by atoms with van der Waals surface area (Å²) in [5.41, 5.74) is 2.51. The largest absolute Gasteiger partial charge is 0.278 e. The molecule has 2 rings (SSSR count). The molecule has 0 aliphatic rings. The van der Waals surface area contributed by atoms with E-state index >= 15 is 0 Å². The lowest BCUT2D eigenvalue weighted by Crippen LogP contribution is -2.14.